The lowest BCUT2D eigenvalue weighted by Gasteiger charge is -2.46. The summed E-state index contributed by atoms with van der Waals surface area (Å²) in [5.41, 5.74) is -0.463. The lowest BCUT2D eigenvalue weighted by Crippen LogP contribution is -2.60. The van der Waals surface area contributed by atoms with Gasteiger partial charge in [0, 0.05) is 35.3 Å². The van der Waals surface area contributed by atoms with Gasteiger partial charge in [0.15, 0.2) is 0 Å². The molecule has 0 aromatic carbocycles. The highest BCUT2D eigenvalue weighted by molar-refractivity contribution is 9.09. The number of unbranched alkanes of at least 4 members (excludes halogenated alkanes) is 2. The van der Waals surface area contributed by atoms with Crippen molar-refractivity contribution in [1.82, 2.24) is 9.80 Å². The maximum Gasteiger partial charge on any atom is 0.310 e. The quantitative estimate of drug-likeness (QED) is 0.154. The van der Waals surface area contributed by atoms with Gasteiger partial charge in [0.1, 0.15) is 6.04 Å². The van der Waals surface area contributed by atoms with Crippen LogP contribution in [0.1, 0.15) is 73.6 Å². The van der Waals surface area contributed by atoms with Crippen LogP contribution >= 0.6 is 27.7 Å². The van der Waals surface area contributed by atoms with Crippen molar-refractivity contribution in [3.05, 3.63) is 12.7 Å². The number of carbonyl (C=O) groups excluding carboxylic acids is 3. The largest absolute Gasteiger partial charge is 0.466 e. The third kappa shape index (κ3) is 5.79. The highest BCUT2D eigenvalue weighted by Gasteiger charge is 2.76. The molecule has 0 aromatic rings. The van der Waals surface area contributed by atoms with Crippen LogP contribution in [0.5, 0.6) is 0 Å². The van der Waals surface area contributed by atoms with Crippen LogP contribution in [-0.2, 0) is 19.1 Å². The number of amides is 2. The van der Waals surface area contributed by atoms with E-state index >= 15 is 0 Å². The van der Waals surface area contributed by atoms with Crippen molar-refractivity contribution >= 4 is 45.5 Å². The third-order valence-electron chi connectivity index (χ3n) is 7.91. The average molecular weight is 602 g/mol. The Morgan fingerprint density at radius 3 is 2.51 bits per heavy atom. The number of alkyl halides is 1. The van der Waals surface area contributed by atoms with E-state index in [9.17, 15) is 19.5 Å². The summed E-state index contributed by atoms with van der Waals surface area (Å²) in [6.07, 6.45) is 5.32. The van der Waals surface area contributed by atoms with Crippen molar-refractivity contribution < 1.29 is 24.2 Å². The Balaban J connectivity index is 2.06. The van der Waals surface area contributed by atoms with Crippen molar-refractivity contribution in [3.8, 4) is 0 Å². The van der Waals surface area contributed by atoms with Gasteiger partial charge in [0.25, 0.3) is 0 Å². The van der Waals surface area contributed by atoms with Gasteiger partial charge < -0.3 is 19.6 Å². The minimum absolute atomic E-state index is 0.00395. The normalized spacial score (nSPS) is 31.0. The lowest BCUT2D eigenvalue weighted by molar-refractivity contribution is -0.153. The van der Waals surface area contributed by atoms with Crippen molar-refractivity contribution in [1.29, 1.82) is 0 Å². The van der Waals surface area contributed by atoms with Gasteiger partial charge in [-0.1, -0.05) is 42.8 Å². The summed E-state index contributed by atoms with van der Waals surface area (Å²) in [4.78, 5) is 45.5. The van der Waals surface area contributed by atoms with Crippen molar-refractivity contribution in [2.24, 2.45) is 17.3 Å². The number of rotatable bonds is 12. The van der Waals surface area contributed by atoms with Gasteiger partial charge in [-0.25, -0.2) is 0 Å². The Bertz CT molecular complexity index is 890. The van der Waals surface area contributed by atoms with E-state index in [1.807, 2.05) is 4.90 Å². The molecule has 3 rings (SSSR count). The number of aliphatic hydroxyl groups is 1. The molecule has 9 heteroatoms. The highest BCUT2D eigenvalue weighted by atomic mass is 79.9. The summed E-state index contributed by atoms with van der Waals surface area (Å²) >= 11 is 5.44. The van der Waals surface area contributed by atoms with Gasteiger partial charge in [0.05, 0.1) is 23.2 Å². The molecule has 3 saturated heterocycles. The standard InChI is InChI=1S/C28H45BrN2O5S/c1-8-13-31(27(6,7)17-26(3,4)5)24(34)22-28-16-18(29)21(37-28)19(25(35)36-9-2)20(28)23(33)30(22)14-11-10-12-15-32/h8,18-22,32H,1,9-17H2,2-7H3/t18?,19-,20-,21-,22?,28?/m0/s1. The number of thioether (sulfide) groups is 1. The van der Waals surface area contributed by atoms with E-state index < -0.39 is 28.2 Å². The molecule has 7 nitrogen and oxygen atoms in total. The van der Waals surface area contributed by atoms with Crippen LogP contribution in [0.25, 0.3) is 0 Å². The third-order valence-corrected chi connectivity index (χ3v) is 11.1. The Kier molecular flexibility index (Phi) is 9.54. The SMILES string of the molecule is C=CCN(C(=O)C1N(CCCCCO)C(=O)[C@@H]2[C@H](C(=O)OCC)[C@H]3SC12CC3Br)C(C)(C)CC(C)(C)C. The number of hydrogen-bond donors (Lipinski definition) is 1. The summed E-state index contributed by atoms with van der Waals surface area (Å²) < 4.78 is 4.76. The Hall–Kier alpha value is -1.06. The van der Waals surface area contributed by atoms with Crippen LogP contribution in [-0.4, -0.2) is 85.4 Å². The topological polar surface area (TPSA) is 87.2 Å². The van der Waals surface area contributed by atoms with Crippen LogP contribution in [0.15, 0.2) is 12.7 Å². The molecule has 0 aromatic heterocycles. The Morgan fingerprint density at radius 2 is 1.95 bits per heavy atom. The summed E-state index contributed by atoms with van der Waals surface area (Å²) in [5.74, 6) is -1.65. The van der Waals surface area contributed by atoms with Gasteiger partial charge in [-0.2, -0.15) is 0 Å². The fraction of sp³-hybridized carbons (Fsp3) is 0.821. The van der Waals surface area contributed by atoms with Gasteiger partial charge >= 0.3 is 5.97 Å². The Morgan fingerprint density at radius 1 is 1.27 bits per heavy atom. The summed E-state index contributed by atoms with van der Waals surface area (Å²) in [5, 5.41) is 9.14. The fourth-order valence-electron chi connectivity index (χ4n) is 7.03. The van der Waals surface area contributed by atoms with E-state index in [4.69, 9.17) is 4.74 Å². The minimum atomic E-state index is -0.682. The number of likely N-dealkylation sites (tertiary alicyclic amines) is 1. The maximum atomic E-state index is 14.6. The van der Waals surface area contributed by atoms with E-state index in [1.54, 1.807) is 29.7 Å². The van der Waals surface area contributed by atoms with Crippen molar-refractivity contribution in [2.75, 3.05) is 26.3 Å². The summed E-state index contributed by atoms with van der Waals surface area (Å²) in [6, 6.07) is -0.659. The number of aliphatic hydroxyl groups excluding tert-OH is 1. The van der Waals surface area contributed by atoms with E-state index in [-0.39, 0.29) is 46.5 Å². The molecular formula is C28H45BrN2O5S. The molecule has 210 valence electrons. The molecule has 1 N–H and O–H groups in total. The number of hydrogen-bond acceptors (Lipinski definition) is 6. The van der Waals surface area contributed by atoms with Crippen LogP contribution < -0.4 is 0 Å². The second-order valence-electron chi connectivity index (χ2n) is 12.5. The van der Waals surface area contributed by atoms with Crippen LogP contribution in [0.2, 0.25) is 0 Å². The molecule has 3 aliphatic rings. The average Bonchev–Trinajstić information content (AvgIpc) is 3.36. The van der Waals surface area contributed by atoms with Crippen LogP contribution in [0.4, 0.5) is 0 Å². The molecule has 1 spiro atoms. The summed E-state index contributed by atoms with van der Waals surface area (Å²) in [6.45, 7) is 17.6. The zero-order valence-corrected chi connectivity index (χ0v) is 25.7. The second-order valence-corrected chi connectivity index (χ2v) is 15.2. The lowest BCUT2D eigenvalue weighted by atomic mass is 9.70. The van der Waals surface area contributed by atoms with Gasteiger partial charge in [-0.3, -0.25) is 14.4 Å². The molecule has 6 atom stereocenters. The summed E-state index contributed by atoms with van der Waals surface area (Å²) in [7, 11) is 0. The number of ether oxygens (including phenoxy) is 1. The van der Waals surface area contributed by atoms with Crippen LogP contribution in [0, 0.1) is 17.3 Å². The van der Waals surface area contributed by atoms with Gasteiger partial charge in [-0.05, 0) is 58.3 Å². The maximum absolute atomic E-state index is 14.6. The van der Waals surface area contributed by atoms with Crippen molar-refractivity contribution in [2.45, 2.75) is 100 Å². The number of halogens is 1. The second kappa shape index (κ2) is 11.6. The van der Waals surface area contributed by atoms with E-state index in [1.165, 1.54) is 0 Å². The van der Waals surface area contributed by atoms with Gasteiger partial charge in [0.2, 0.25) is 11.8 Å². The molecule has 3 heterocycles. The van der Waals surface area contributed by atoms with E-state index in [0.29, 0.717) is 32.4 Å². The molecule has 2 bridgehead atoms. The highest BCUT2D eigenvalue weighted by Crippen LogP contribution is 2.68. The molecule has 2 amide bonds. The molecule has 0 aliphatic carbocycles. The molecule has 3 fully saturated rings. The van der Waals surface area contributed by atoms with Gasteiger partial charge in [-0.15, -0.1) is 18.3 Å². The number of nitrogens with zero attached hydrogens (tertiary/aromatic N) is 2. The molecular weight excluding hydrogens is 556 g/mol. The zero-order valence-electron chi connectivity index (χ0n) is 23.3. The minimum Gasteiger partial charge on any atom is -0.466 e. The molecule has 37 heavy (non-hydrogen) atoms. The molecule has 3 unspecified atom stereocenters. The first-order chi connectivity index (χ1) is 17.3. The predicted octanol–water partition coefficient (Wildman–Crippen LogP) is 4.41. The molecule has 3 aliphatic heterocycles. The molecule has 0 saturated carbocycles. The zero-order chi connectivity index (χ0) is 27.8. The molecule has 0 radical (unpaired) electrons. The number of carbonyl (C=O) groups is 3. The smallest absolute Gasteiger partial charge is 0.310 e. The van der Waals surface area contributed by atoms with Crippen LogP contribution in [0.3, 0.4) is 0 Å². The predicted molar refractivity (Wildman–Crippen MR) is 152 cm³/mol. The Labute approximate surface area is 235 Å². The van der Waals surface area contributed by atoms with E-state index in [0.717, 1.165) is 12.8 Å². The number of esters is 1. The number of fused-ring (bicyclic) bond motifs is 1. The fourth-order valence-corrected chi connectivity index (χ4v) is 10.6. The monoisotopic (exact) mass is 600 g/mol. The first-order valence-electron chi connectivity index (χ1n) is 13.6. The van der Waals surface area contributed by atoms with E-state index in [2.05, 4.69) is 57.1 Å². The first-order valence-corrected chi connectivity index (χ1v) is 15.4. The van der Waals surface area contributed by atoms with Crippen molar-refractivity contribution in [3.63, 3.8) is 0 Å². The first kappa shape index (κ1) is 30.5.